The molecule has 0 heterocycles. The van der Waals surface area contributed by atoms with Crippen LogP contribution >= 0.6 is 12.6 Å². The molecule has 1 N–H and O–H groups in total. The highest BCUT2D eigenvalue weighted by molar-refractivity contribution is 7.81. The van der Waals surface area contributed by atoms with Gasteiger partial charge in [-0.05, 0) is 6.42 Å². The van der Waals surface area contributed by atoms with Crippen molar-refractivity contribution in [2.75, 3.05) is 27.2 Å². The maximum Gasteiger partial charge on any atom is 0.326 e. The molecule has 0 aromatic rings. The van der Waals surface area contributed by atoms with Gasteiger partial charge in [-0.2, -0.15) is 12.6 Å². The Bertz CT molecular complexity index is 188. The SMILES string of the molecule is CCCCC(S)C(=O)[N+](C)(C)CCO.[I-]. The van der Waals surface area contributed by atoms with Gasteiger partial charge in [0.25, 0.3) is 0 Å². The molecule has 0 aliphatic rings. The first-order valence-corrected chi connectivity index (χ1v) is 5.63. The van der Waals surface area contributed by atoms with Gasteiger partial charge in [0.15, 0.2) is 0 Å². The number of hydrogen-bond acceptors (Lipinski definition) is 3. The maximum absolute atomic E-state index is 11.8. The number of thiol groups is 1. The van der Waals surface area contributed by atoms with Crippen LogP contribution in [0.2, 0.25) is 0 Å². The van der Waals surface area contributed by atoms with Crippen LogP contribution in [-0.4, -0.2) is 48.0 Å². The van der Waals surface area contributed by atoms with Gasteiger partial charge in [-0.3, -0.25) is 4.48 Å². The molecule has 0 aliphatic carbocycles. The van der Waals surface area contributed by atoms with Crippen molar-refractivity contribution in [1.29, 1.82) is 0 Å². The number of unbranched alkanes of at least 4 members (excludes halogenated alkanes) is 1. The number of likely N-dealkylation sites (N-methyl/N-ethyl adjacent to an activating group) is 1. The van der Waals surface area contributed by atoms with Crippen LogP contribution in [0.4, 0.5) is 0 Å². The Morgan fingerprint density at radius 1 is 1.47 bits per heavy atom. The van der Waals surface area contributed by atoms with Crippen LogP contribution in [0.1, 0.15) is 26.2 Å². The van der Waals surface area contributed by atoms with Crippen LogP contribution in [0.25, 0.3) is 0 Å². The minimum atomic E-state index is -0.198. The number of carbonyl (C=O) groups excluding carboxylic acids is 1. The number of halogens is 1. The Balaban J connectivity index is 0. The molecule has 1 atom stereocenters. The lowest BCUT2D eigenvalue weighted by Crippen LogP contribution is -3.00. The average Bonchev–Trinajstić information content (AvgIpc) is 2.12. The molecule has 5 heteroatoms. The zero-order valence-corrected chi connectivity index (χ0v) is 12.8. The molecule has 3 nitrogen and oxygen atoms in total. The summed E-state index contributed by atoms with van der Waals surface area (Å²) in [6.07, 6.45) is 2.93. The smallest absolute Gasteiger partial charge is 0.326 e. The lowest BCUT2D eigenvalue weighted by Gasteiger charge is -2.28. The van der Waals surface area contributed by atoms with E-state index in [0.29, 0.717) is 6.54 Å². The monoisotopic (exact) mass is 347 g/mol. The number of amides is 1. The minimum absolute atomic E-state index is 0. The van der Waals surface area contributed by atoms with E-state index < -0.39 is 0 Å². The molecular formula is C10H22INO2S. The van der Waals surface area contributed by atoms with Gasteiger partial charge < -0.3 is 29.1 Å². The Labute approximate surface area is 115 Å². The zero-order chi connectivity index (χ0) is 11.2. The van der Waals surface area contributed by atoms with Gasteiger partial charge >= 0.3 is 5.91 Å². The van der Waals surface area contributed by atoms with Crippen molar-refractivity contribution in [3.8, 4) is 0 Å². The number of nitrogens with zero attached hydrogens (tertiary/aromatic N) is 1. The summed E-state index contributed by atoms with van der Waals surface area (Å²) < 4.78 is 0.217. The van der Waals surface area contributed by atoms with Crippen molar-refractivity contribution in [3.05, 3.63) is 0 Å². The summed E-state index contributed by atoms with van der Waals surface area (Å²) in [5, 5.41) is 8.62. The maximum atomic E-state index is 11.8. The van der Waals surface area contributed by atoms with Crippen LogP contribution in [0.3, 0.4) is 0 Å². The summed E-state index contributed by atoms with van der Waals surface area (Å²) in [6.45, 7) is 2.59. The van der Waals surface area contributed by atoms with E-state index in [1.165, 1.54) is 0 Å². The highest BCUT2D eigenvalue weighted by Crippen LogP contribution is 2.13. The lowest BCUT2D eigenvalue weighted by atomic mass is 10.1. The highest BCUT2D eigenvalue weighted by atomic mass is 127. The van der Waals surface area contributed by atoms with E-state index in [2.05, 4.69) is 19.6 Å². The fourth-order valence-corrected chi connectivity index (χ4v) is 1.78. The van der Waals surface area contributed by atoms with Gasteiger partial charge in [-0.15, -0.1) is 0 Å². The van der Waals surface area contributed by atoms with Crippen LogP contribution in [0.15, 0.2) is 0 Å². The largest absolute Gasteiger partial charge is 1.00 e. The van der Waals surface area contributed by atoms with Gasteiger partial charge in [-0.25, -0.2) is 4.79 Å². The number of hydrogen-bond donors (Lipinski definition) is 2. The van der Waals surface area contributed by atoms with E-state index in [4.69, 9.17) is 5.11 Å². The highest BCUT2D eigenvalue weighted by Gasteiger charge is 2.30. The normalized spacial score (nSPS) is 13.1. The van der Waals surface area contributed by atoms with Crippen LogP contribution in [-0.2, 0) is 4.79 Å². The van der Waals surface area contributed by atoms with E-state index in [-0.39, 0.29) is 46.2 Å². The van der Waals surface area contributed by atoms with Gasteiger partial charge in [0.2, 0.25) is 0 Å². The first-order chi connectivity index (χ1) is 6.45. The van der Waals surface area contributed by atoms with E-state index in [0.717, 1.165) is 19.3 Å². The van der Waals surface area contributed by atoms with E-state index in [1.54, 1.807) is 0 Å². The second-order valence-corrected chi connectivity index (χ2v) is 4.75. The Morgan fingerprint density at radius 3 is 2.40 bits per heavy atom. The van der Waals surface area contributed by atoms with Gasteiger partial charge in [0.1, 0.15) is 11.8 Å². The molecule has 92 valence electrons. The molecule has 0 aromatic carbocycles. The van der Waals surface area contributed by atoms with Crippen molar-refractivity contribution < 1.29 is 38.4 Å². The summed E-state index contributed by atoms with van der Waals surface area (Å²) in [5.41, 5.74) is 0. The van der Waals surface area contributed by atoms with Crippen LogP contribution in [0.5, 0.6) is 0 Å². The van der Waals surface area contributed by atoms with Gasteiger partial charge in [0, 0.05) is 0 Å². The van der Waals surface area contributed by atoms with E-state index in [9.17, 15) is 4.79 Å². The second-order valence-electron chi connectivity index (χ2n) is 4.13. The predicted octanol–water partition coefficient (Wildman–Crippen LogP) is -1.93. The number of rotatable bonds is 6. The molecule has 0 spiro atoms. The zero-order valence-electron chi connectivity index (χ0n) is 9.74. The Hall–Kier alpha value is 0.670. The first-order valence-electron chi connectivity index (χ1n) is 5.12. The lowest BCUT2D eigenvalue weighted by molar-refractivity contribution is -0.814. The third-order valence-corrected chi connectivity index (χ3v) is 2.85. The average molecular weight is 347 g/mol. The quantitative estimate of drug-likeness (QED) is 0.334. The van der Waals surface area contributed by atoms with E-state index >= 15 is 0 Å². The molecule has 15 heavy (non-hydrogen) atoms. The second kappa shape index (κ2) is 8.78. The summed E-state index contributed by atoms with van der Waals surface area (Å²) in [4.78, 5) is 11.8. The molecule has 0 rings (SSSR count). The third kappa shape index (κ3) is 6.76. The molecule has 0 aromatic heterocycles. The summed E-state index contributed by atoms with van der Waals surface area (Å²) in [6, 6.07) is 0. The number of carbonyl (C=O) groups is 1. The molecule has 1 unspecified atom stereocenters. The third-order valence-electron chi connectivity index (χ3n) is 2.37. The molecule has 0 saturated carbocycles. The Kier molecular flexibility index (Phi) is 10.6. The number of aliphatic hydroxyl groups excluding tert-OH is 1. The van der Waals surface area contributed by atoms with Gasteiger partial charge in [0.05, 0.1) is 20.7 Å². The summed E-state index contributed by atoms with van der Waals surface area (Å²) in [7, 11) is 3.63. The molecule has 1 amide bonds. The minimum Gasteiger partial charge on any atom is -1.00 e. The predicted molar refractivity (Wildman–Crippen MR) is 61.4 cm³/mol. The summed E-state index contributed by atoms with van der Waals surface area (Å²) in [5.74, 6) is 0.0934. The van der Waals surface area contributed by atoms with Crippen molar-refractivity contribution in [2.45, 2.75) is 31.4 Å². The van der Waals surface area contributed by atoms with Crippen molar-refractivity contribution in [1.82, 2.24) is 0 Å². The molecule has 0 fully saturated rings. The molecule has 0 aliphatic heterocycles. The van der Waals surface area contributed by atoms with Crippen molar-refractivity contribution >= 4 is 18.5 Å². The summed E-state index contributed by atoms with van der Waals surface area (Å²) >= 11 is 4.30. The molecule has 0 bridgehead atoms. The standard InChI is InChI=1S/C10H21NO2S.HI/c1-4-5-6-9(14)10(13)11(2,3)7-8-12;/h9,12H,4-8H2,1-3H3;1H. The van der Waals surface area contributed by atoms with E-state index in [1.807, 2.05) is 14.1 Å². The molecule has 0 saturated heterocycles. The fraction of sp³-hybridized carbons (Fsp3) is 0.900. The number of aliphatic hydroxyl groups is 1. The van der Waals surface area contributed by atoms with Gasteiger partial charge in [-0.1, -0.05) is 19.8 Å². The molecular weight excluding hydrogens is 325 g/mol. The van der Waals surface area contributed by atoms with Crippen molar-refractivity contribution in [2.24, 2.45) is 0 Å². The fourth-order valence-electron chi connectivity index (χ4n) is 1.28. The van der Waals surface area contributed by atoms with Crippen molar-refractivity contribution in [3.63, 3.8) is 0 Å². The molecule has 0 radical (unpaired) electrons. The van der Waals surface area contributed by atoms with Crippen LogP contribution < -0.4 is 24.0 Å². The number of quaternary nitrogens is 1. The van der Waals surface area contributed by atoms with Crippen LogP contribution in [0, 0.1) is 0 Å². The topological polar surface area (TPSA) is 37.3 Å². The Morgan fingerprint density at radius 2 is 2.00 bits per heavy atom. The first kappa shape index (κ1) is 18.0.